The summed E-state index contributed by atoms with van der Waals surface area (Å²) in [5.41, 5.74) is 3.56. The average Bonchev–Trinajstić information content (AvgIpc) is 2.81. The standard InChI is InChI=1S/C24H32N4O3/c1-5-25-24(27(2)16-20-10-11-21(30-3)14-22(20)31-4)26-15-23(29)28-13-12-18-8-6-7-9-19(18)17-28/h6-11,14H,5,12-13,15-17H2,1-4H3,(H,25,26). The number of fused-ring (bicyclic) bond motifs is 1. The van der Waals surface area contributed by atoms with Crippen molar-refractivity contribution in [2.45, 2.75) is 26.4 Å². The summed E-state index contributed by atoms with van der Waals surface area (Å²) in [6.45, 7) is 4.83. The van der Waals surface area contributed by atoms with E-state index < -0.39 is 0 Å². The van der Waals surface area contributed by atoms with Crippen LogP contribution in [0.3, 0.4) is 0 Å². The molecule has 166 valence electrons. The zero-order valence-electron chi connectivity index (χ0n) is 18.9. The Morgan fingerprint density at radius 2 is 1.94 bits per heavy atom. The summed E-state index contributed by atoms with van der Waals surface area (Å²) in [4.78, 5) is 21.3. The maximum Gasteiger partial charge on any atom is 0.244 e. The number of nitrogens with one attached hydrogen (secondary N) is 1. The van der Waals surface area contributed by atoms with Gasteiger partial charge in [0.05, 0.1) is 14.2 Å². The number of guanidine groups is 1. The van der Waals surface area contributed by atoms with E-state index in [1.807, 2.05) is 48.0 Å². The number of benzene rings is 2. The summed E-state index contributed by atoms with van der Waals surface area (Å²) in [7, 11) is 5.23. The molecule has 1 amide bonds. The van der Waals surface area contributed by atoms with Crippen LogP contribution in [0.15, 0.2) is 47.5 Å². The molecule has 0 aromatic heterocycles. The molecule has 1 aliphatic rings. The van der Waals surface area contributed by atoms with E-state index in [9.17, 15) is 4.79 Å². The molecule has 31 heavy (non-hydrogen) atoms. The third-order valence-electron chi connectivity index (χ3n) is 5.45. The zero-order valence-corrected chi connectivity index (χ0v) is 18.9. The highest BCUT2D eigenvalue weighted by Gasteiger charge is 2.20. The number of aliphatic imine (C=N–C) groups is 1. The Bertz CT molecular complexity index is 929. The van der Waals surface area contributed by atoms with E-state index in [-0.39, 0.29) is 12.5 Å². The third kappa shape index (κ3) is 5.69. The largest absolute Gasteiger partial charge is 0.497 e. The highest BCUT2D eigenvalue weighted by molar-refractivity contribution is 5.85. The number of methoxy groups -OCH3 is 2. The van der Waals surface area contributed by atoms with E-state index in [0.717, 1.165) is 30.0 Å². The lowest BCUT2D eigenvalue weighted by Gasteiger charge is -2.29. The maximum atomic E-state index is 12.8. The second-order valence-corrected chi connectivity index (χ2v) is 7.54. The average molecular weight is 425 g/mol. The van der Waals surface area contributed by atoms with Gasteiger partial charge in [-0.05, 0) is 36.6 Å². The van der Waals surface area contributed by atoms with Crippen molar-refractivity contribution in [3.8, 4) is 11.5 Å². The molecule has 7 nitrogen and oxygen atoms in total. The number of carbonyl (C=O) groups excluding carboxylic acids is 1. The summed E-state index contributed by atoms with van der Waals surface area (Å²) < 4.78 is 10.8. The predicted molar refractivity (Wildman–Crippen MR) is 123 cm³/mol. The molecule has 0 saturated carbocycles. The Morgan fingerprint density at radius 1 is 1.16 bits per heavy atom. The van der Waals surface area contributed by atoms with Crippen LogP contribution in [0.4, 0.5) is 0 Å². The number of nitrogens with zero attached hydrogens (tertiary/aromatic N) is 3. The van der Waals surface area contributed by atoms with Crippen molar-refractivity contribution >= 4 is 11.9 Å². The van der Waals surface area contributed by atoms with E-state index in [1.54, 1.807) is 14.2 Å². The van der Waals surface area contributed by atoms with E-state index in [0.29, 0.717) is 25.6 Å². The Hall–Kier alpha value is -3.22. The van der Waals surface area contributed by atoms with Gasteiger partial charge in [0.15, 0.2) is 5.96 Å². The lowest BCUT2D eigenvalue weighted by atomic mass is 10.00. The third-order valence-corrected chi connectivity index (χ3v) is 5.45. The van der Waals surface area contributed by atoms with Crippen molar-refractivity contribution in [1.82, 2.24) is 15.1 Å². The van der Waals surface area contributed by atoms with Crippen LogP contribution >= 0.6 is 0 Å². The van der Waals surface area contributed by atoms with Gasteiger partial charge < -0.3 is 24.6 Å². The van der Waals surface area contributed by atoms with Gasteiger partial charge in [0.1, 0.15) is 18.0 Å². The zero-order chi connectivity index (χ0) is 22.2. The van der Waals surface area contributed by atoms with Crippen LogP contribution in [-0.2, 0) is 24.3 Å². The number of amides is 1. The highest BCUT2D eigenvalue weighted by atomic mass is 16.5. The number of ether oxygens (including phenoxy) is 2. The molecular weight excluding hydrogens is 392 g/mol. The van der Waals surface area contributed by atoms with Crippen LogP contribution in [0.5, 0.6) is 11.5 Å². The molecule has 0 fully saturated rings. The summed E-state index contributed by atoms with van der Waals surface area (Å²) in [6, 6.07) is 14.1. The Balaban J connectivity index is 1.66. The molecule has 0 bridgehead atoms. The van der Waals surface area contributed by atoms with Crippen LogP contribution in [0, 0.1) is 0 Å². The minimum atomic E-state index is 0.0420. The Kier molecular flexibility index (Phi) is 7.76. The fraction of sp³-hybridized carbons (Fsp3) is 0.417. The quantitative estimate of drug-likeness (QED) is 0.547. The Morgan fingerprint density at radius 3 is 2.65 bits per heavy atom. The smallest absolute Gasteiger partial charge is 0.244 e. The van der Waals surface area contributed by atoms with Crippen molar-refractivity contribution in [3.05, 3.63) is 59.2 Å². The lowest BCUT2D eigenvalue weighted by Crippen LogP contribution is -2.41. The maximum absolute atomic E-state index is 12.8. The molecule has 0 unspecified atom stereocenters. The SMILES string of the molecule is CCNC(=NCC(=O)N1CCc2ccccc2C1)N(C)Cc1ccc(OC)cc1OC. The van der Waals surface area contributed by atoms with Crippen molar-refractivity contribution in [1.29, 1.82) is 0 Å². The number of hydrogen-bond donors (Lipinski definition) is 1. The molecule has 1 aliphatic heterocycles. The summed E-state index contributed by atoms with van der Waals surface area (Å²) in [5, 5.41) is 3.28. The van der Waals surface area contributed by atoms with Gasteiger partial charge >= 0.3 is 0 Å². The van der Waals surface area contributed by atoms with Gasteiger partial charge in [-0.25, -0.2) is 4.99 Å². The van der Waals surface area contributed by atoms with Gasteiger partial charge in [0.25, 0.3) is 0 Å². The molecule has 1 N–H and O–H groups in total. The monoisotopic (exact) mass is 424 g/mol. The molecule has 7 heteroatoms. The highest BCUT2D eigenvalue weighted by Crippen LogP contribution is 2.25. The van der Waals surface area contributed by atoms with Crippen molar-refractivity contribution in [3.63, 3.8) is 0 Å². The van der Waals surface area contributed by atoms with Crippen LogP contribution < -0.4 is 14.8 Å². The molecule has 2 aromatic carbocycles. The minimum Gasteiger partial charge on any atom is -0.497 e. The molecule has 0 spiro atoms. The van der Waals surface area contributed by atoms with Crippen molar-refractivity contribution in [2.24, 2.45) is 4.99 Å². The normalized spacial score (nSPS) is 13.4. The predicted octanol–water partition coefficient (Wildman–Crippen LogP) is 2.69. The van der Waals surface area contributed by atoms with Crippen molar-refractivity contribution in [2.75, 3.05) is 40.9 Å². The molecule has 3 rings (SSSR count). The number of rotatable bonds is 7. The summed E-state index contributed by atoms with van der Waals surface area (Å²) in [6.07, 6.45) is 0.892. The van der Waals surface area contributed by atoms with Gasteiger partial charge in [0, 0.05) is 44.9 Å². The van der Waals surface area contributed by atoms with Crippen LogP contribution in [0.1, 0.15) is 23.6 Å². The molecule has 2 aromatic rings. The lowest BCUT2D eigenvalue weighted by molar-refractivity contribution is -0.130. The first-order valence-corrected chi connectivity index (χ1v) is 10.6. The van der Waals surface area contributed by atoms with Gasteiger partial charge in [-0.1, -0.05) is 24.3 Å². The molecule has 0 radical (unpaired) electrons. The summed E-state index contributed by atoms with van der Waals surface area (Å²) in [5.74, 6) is 2.23. The first-order chi connectivity index (χ1) is 15.0. The van der Waals surface area contributed by atoms with Gasteiger partial charge in [-0.2, -0.15) is 0 Å². The minimum absolute atomic E-state index is 0.0420. The molecule has 0 atom stereocenters. The van der Waals surface area contributed by atoms with E-state index in [1.165, 1.54) is 11.1 Å². The fourth-order valence-electron chi connectivity index (χ4n) is 3.73. The van der Waals surface area contributed by atoms with Crippen LogP contribution in [-0.4, -0.2) is 62.6 Å². The summed E-state index contributed by atoms with van der Waals surface area (Å²) >= 11 is 0. The second-order valence-electron chi connectivity index (χ2n) is 7.54. The second kappa shape index (κ2) is 10.7. The molecule has 1 heterocycles. The topological polar surface area (TPSA) is 66.4 Å². The Labute approximate surface area is 184 Å². The first kappa shape index (κ1) is 22.5. The van der Waals surface area contributed by atoms with Gasteiger partial charge in [-0.15, -0.1) is 0 Å². The van der Waals surface area contributed by atoms with Crippen molar-refractivity contribution < 1.29 is 14.3 Å². The first-order valence-electron chi connectivity index (χ1n) is 10.6. The molecule has 0 aliphatic carbocycles. The van der Waals surface area contributed by atoms with Crippen LogP contribution in [0.25, 0.3) is 0 Å². The molecule has 0 saturated heterocycles. The van der Waals surface area contributed by atoms with E-state index in [4.69, 9.17) is 9.47 Å². The van der Waals surface area contributed by atoms with Gasteiger partial charge in [0.2, 0.25) is 5.91 Å². The fourth-order valence-corrected chi connectivity index (χ4v) is 3.73. The number of hydrogen-bond acceptors (Lipinski definition) is 4. The van der Waals surface area contributed by atoms with Crippen LogP contribution in [0.2, 0.25) is 0 Å². The molecular formula is C24H32N4O3. The van der Waals surface area contributed by atoms with Gasteiger partial charge in [-0.3, -0.25) is 4.79 Å². The van der Waals surface area contributed by atoms with E-state index in [2.05, 4.69) is 28.5 Å². The number of carbonyl (C=O) groups is 1. The van der Waals surface area contributed by atoms with E-state index >= 15 is 0 Å².